The van der Waals surface area contributed by atoms with Gasteiger partial charge < -0.3 is 14.2 Å². The summed E-state index contributed by atoms with van der Waals surface area (Å²) in [5.74, 6) is 0.567. The first-order valence-corrected chi connectivity index (χ1v) is 7.50. The Bertz CT molecular complexity index is 650. The molecular weight excluding hydrogens is 280 g/mol. The van der Waals surface area contributed by atoms with E-state index in [0.29, 0.717) is 12.3 Å². The van der Waals surface area contributed by atoms with Crippen LogP contribution < -0.4 is 4.90 Å². The van der Waals surface area contributed by atoms with Gasteiger partial charge in [0, 0.05) is 19.8 Å². The first kappa shape index (κ1) is 14.6. The van der Waals surface area contributed by atoms with Crippen molar-refractivity contribution in [1.82, 2.24) is 14.8 Å². The molecule has 1 saturated heterocycles. The van der Waals surface area contributed by atoms with E-state index in [9.17, 15) is 4.79 Å². The molecule has 0 amide bonds. The highest BCUT2D eigenvalue weighted by molar-refractivity contribution is 5.87. The van der Waals surface area contributed by atoms with Crippen molar-refractivity contribution < 1.29 is 9.53 Å². The number of rotatable bonds is 4. The van der Waals surface area contributed by atoms with Crippen LogP contribution in [0.1, 0.15) is 29.0 Å². The van der Waals surface area contributed by atoms with Crippen LogP contribution in [0.15, 0.2) is 30.5 Å². The van der Waals surface area contributed by atoms with Gasteiger partial charge in [0.25, 0.3) is 0 Å². The first-order chi connectivity index (χ1) is 10.6. The molecular formula is C16H20N4O2. The van der Waals surface area contributed by atoms with Crippen molar-refractivity contribution in [2.45, 2.75) is 25.8 Å². The lowest BCUT2D eigenvalue weighted by Crippen LogP contribution is -2.34. The molecule has 1 fully saturated rings. The lowest BCUT2D eigenvalue weighted by Gasteiger charge is -2.24. The summed E-state index contributed by atoms with van der Waals surface area (Å²) in [4.78, 5) is 14.3. The van der Waals surface area contributed by atoms with E-state index in [1.807, 2.05) is 38.4 Å². The molecule has 22 heavy (non-hydrogen) atoms. The number of aryl methyl sites for hydroxylation is 2. The predicted molar refractivity (Wildman–Crippen MR) is 82.8 cm³/mol. The fourth-order valence-electron chi connectivity index (χ4n) is 2.77. The van der Waals surface area contributed by atoms with Crippen molar-refractivity contribution in [3.63, 3.8) is 0 Å². The van der Waals surface area contributed by atoms with Gasteiger partial charge >= 0.3 is 5.97 Å². The lowest BCUT2D eigenvalue weighted by molar-refractivity contribution is 0.0471. The maximum atomic E-state index is 12.1. The molecule has 3 heterocycles. The fourth-order valence-corrected chi connectivity index (χ4v) is 2.77. The molecule has 2 aromatic rings. The smallest absolute Gasteiger partial charge is 0.355 e. The van der Waals surface area contributed by atoms with Crippen molar-refractivity contribution >= 4 is 11.8 Å². The zero-order chi connectivity index (χ0) is 15.5. The molecule has 1 aliphatic heterocycles. The monoisotopic (exact) mass is 300 g/mol. The molecule has 0 spiro atoms. The minimum absolute atomic E-state index is 0.168. The molecule has 6 nitrogen and oxygen atoms in total. The highest BCUT2D eigenvalue weighted by Gasteiger charge is 2.27. The summed E-state index contributed by atoms with van der Waals surface area (Å²) in [5, 5.41) is 8.34. The van der Waals surface area contributed by atoms with Gasteiger partial charge in [0.1, 0.15) is 12.3 Å². The second kappa shape index (κ2) is 6.17. The molecule has 0 N–H and O–H groups in total. The summed E-state index contributed by atoms with van der Waals surface area (Å²) in [6.07, 6.45) is 3.90. The second-order valence-electron chi connectivity index (χ2n) is 5.63. The van der Waals surface area contributed by atoms with Gasteiger partial charge in [-0.15, -0.1) is 5.10 Å². The highest BCUT2D eigenvalue weighted by Crippen LogP contribution is 2.23. The molecule has 1 unspecified atom stereocenters. The van der Waals surface area contributed by atoms with Crippen molar-refractivity contribution in [1.29, 1.82) is 0 Å². The van der Waals surface area contributed by atoms with Gasteiger partial charge in [0.15, 0.2) is 5.82 Å². The van der Waals surface area contributed by atoms with Gasteiger partial charge in [-0.3, -0.25) is 0 Å². The molecule has 1 aliphatic rings. The third kappa shape index (κ3) is 2.95. The fraction of sp³-hybridized carbons (Fsp3) is 0.438. The van der Waals surface area contributed by atoms with Crippen molar-refractivity contribution in [3.05, 3.63) is 41.9 Å². The van der Waals surface area contributed by atoms with Gasteiger partial charge in [-0.25, -0.2) is 4.79 Å². The average Bonchev–Trinajstić information content (AvgIpc) is 3.14. The lowest BCUT2D eigenvalue weighted by atomic mass is 10.2. The van der Waals surface area contributed by atoms with Gasteiger partial charge in [0.05, 0.1) is 11.7 Å². The highest BCUT2D eigenvalue weighted by atomic mass is 16.5. The van der Waals surface area contributed by atoms with Gasteiger partial charge in [-0.1, -0.05) is 0 Å². The molecule has 0 aromatic carbocycles. The summed E-state index contributed by atoms with van der Waals surface area (Å²) in [6, 6.07) is 7.69. The Labute approximate surface area is 129 Å². The van der Waals surface area contributed by atoms with E-state index in [0.717, 1.165) is 30.9 Å². The average molecular weight is 300 g/mol. The predicted octanol–water partition coefficient (Wildman–Crippen LogP) is 1.95. The number of ether oxygens (including phenoxy) is 1. The number of aromatic nitrogens is 3. The van der Waals surface area contributed by atoms with Crippen LogP contribution in [0.5, 0.6) is 0 Å². The van der Waals surface area contributed by atoms with Crippen LogP contribution in [0.4, 0.5) is 5.82 Å². The Balaban J connectivity index is 1.63. The minimum atomic E-state index is -0.283. The third-order valence-electron chi connectivity index (χ3n) is 4.01. The Kier molecular flexibility index (Phi) is 4.09. The topological polar surface area (TPSA) is 60.2 Å². The van der Waals surface area contributed by atoms with Crippen molar-refractivity contribution in [2.24, 2.45) is 7.05 Å². The first-order valence-electron chi connectivity index (χ1n) is 7.50. The number of anilines is 1. The Hall–Kier alpha value is -2.37. The number of carbonyl (C=O) groups excluding carboxylic acids is 1. The molecule has 0 radical (unpaired) electrons. The van der Waals surface area contributed by atoms with Gasteiger partial charge in [-0.05, 0) is 44.0 Å². The van der Waals surface area contributed by atoms with Crippen molar-refractivity contribution in [2.75, 3.05) is 18.1 Å². The number of esters is 1. The van der Waals surface area contributed by atoms with Crippen LogP contribution in [0, 0.1) is 6.92 Å². The molecule has 2 aromatic heterocycles. The number of carbonyl (C=O) groups is 1. The summed E-state index contributed by atoms with van der Waals surface area (Å²) in [5.41, 5.74) is 1.47. The molecule has 0 bridgehead atoms. The number of nitrogens with zero attached hydrogens (tertiary/aromatic N) is 4. The summed E-state index contributed by atoms with van der Waals surface area (Å²) in [6.45, 7) is 3.21. The van der Waals surface area contributed by atoms with E-state index in [1.54, 1.807) is 10.6 Å². The standard InChI is InChI=1S/C16H20N4O2/c1-12-7-8-15(18-17-12)20-10-3-5-13(20)11-22-16(21)14-6-4-9-19(14)2/h4,6-9,13H,3,5,10-11H2,1-2H3. The maximum absolute atomic E-state index is 12.1. The Morgan fingerprint density at radius 1 is 1.36 bits per heavy atom. The minimum Gasteiger partial charge on any atom is -0.459 e. The van der Waals surface area contributed by atoms with Crippen LogP contribution in [-0.2, 0) is 11.8 Å². The number of hydrogen-bond acceptors (Lipinski definition) is 5. The second-order valence-corrected chi connectivity index (χ2v) is 5.63. The van der Waals surface area contributed by atoms with Crippen LogP contribution in [0.25, 0.3) is 0 Å². The maximum Gasteiger partial charge on any atom is 0.355 e. The molecule has 116 valence electrons. The van der Waals surface area contributed by atoms with E-state index in [-0.39, 0.29) is 12.0 Å². The van der Waals surface area contributed by atoms with Crippen molar-refractivity contribution in [3.8, 4) is 0 Å². The van der Waals surface area contributed by atoms with Gasteiger partial charge in [0.2, 0.25) is 0 Å². The quantitative estimate of drug-likeness (QED) is 0.808. The Morgan fingerprint density at radius 2 is 2.23 bits per heavy atom. The zero-order valence-electron chi connectivity index (χ0n) is 12.9. The normalized spacial score (nSPS) is 17.7. The Morgan fingerprint density at radius 3 is 2.91 bits per heavy atom. The molecule has 0 saturated carbocycles. The van der Waals surface area contributed by atoms with Crippen LogP contribution in [0.3, 0.4) is 0 Å². The SMILES string of the molecule is Cc1ccc(N2CCCC2COC(=O)c2cccn2C)nn1. The van der Waals surface area contributed by atoms with Crippen LogP contribution in [-0.4, -0.2) is 39.9 Å². The van der Waals surface area contributed by atoms with E-state index < -0.39 is 0 Å². The third-order valence-corrected chi connectivity index (χ3v) is 4.01. The summed E-state index contributed by atoms with van der Waals surface area (Å²) >= 11 is 0. The number of hydrogen-bond donors (Lipinski definition) is 0. The zero-order valence-corrected chi connectivity index (χ0v) is 12.9. The van der Waals surface area contributed by atoms with E-state index >= 15 is 0 Å². The van der Waals surface area contributed by atoms with E-state index in [2.05, 4.69) is 15.1 Å². The molecule has 0 aliphatic carbocycles. The van der Waals surface area contributed by atoms with Gasteiger partial charge in [-0.2, -0.15) is 5.10 Å². The molecule has 1 atom stereocenters. The summed E-state index contributed by atoms with van der Waals surface area (Å²) < 4.78 is 7.24. The molecule has 6 heteroatoms. The van der Waals surface area contributed by atoms with E-state index in [1.165, 1.54) is 0 Å². The summed E-state index contributed by atoms with van der Waals surface area (Å²) in [7, 11) is 1.83. The van der Waals surface area contributed by atoms with E-state index in [4.69, 9.17) is 4.74 Å². The van der Waals surface area contributed by atoms with Crippen LogP contribution in [0.2, 0.25) is 0 Å². The largest absolute Gasteiger partial charge is 0.459 e. The molecule has 3 rings (SSSR count). The van der Waals surface area contributed by atoms with Crippen LogP contribution >= 0.6 is 0 Å².